The molecule has 6 nitrogen and oxygen atoms in total. The van der Waals surface area contributed by atoms with Gasteiger partial charge in [-0.2, -0.15) is 0 Å². The molecule has 21 heavy (non-hydrogen) atoms. The summed E-state index contributed by atoms with van der Waals surface area (Å²) in [5.41, 5.74) is 0. The van der Waals surface area contributed by atoms with Crippen molar-refractivity contribution in [3.05, 3.63) is 12.4 Å². The molecule has 0 bridgehead atoms. The fourth-order valence-electron chi connectivity index (χ4n) is 2.70. The van der Waals surface area contributed by atoms with E-state index in [-0.39, 0.29) is 12.2 Å². The topological polar surface area (TPSA) is 59.5 Å². The zero-order valence-corrected chi connectivity index (χ0v) is 12.8. The summed E-state index contributed by atoms with van der Waals surface area (Å²) < 4.78 is 11.1. The molecule has 0 spiro atoms. The molecule has 1 N–H and O–H groups in total. The Morgan fingerprint density at radius 2 is 2.24 bits per heavy atom. The van der Waals surface area contributed by atoms with Gasteiger partial charge in [0.25, 0.3) is 0 Å². The Balaban J connectivity index is 1.64. The van der Waals surface area contributed by atoms with Crippen LogP contribution in [0.1, 0.15) is 19.8 Å². The van der Waals surface area contributed by atoms with Crippen LogP contribution in [0.25, 0.3) is 0 Å². The van der Waals surface area contributed by atoms with E-state index in [2.05, 4.69) is 27.1 Å². The van der Waals surface area contributed by atoms with Crippen LogP contribution >= 0.6 is 0 Å². The Morgan fingerprint density at radius 1 is 1.38 bits per heavy atom. The second-order valence-electron chi connectivity index (χ2n) is 6.01. The first-order valence-electron chi connectivity index (χ1n) is 7.70. The number of ether oxygens (including phenoxy) is 2. The molecule has 2 unspecified atom stereocenters. The molecule has 2 fully saturated rings. The highest BCUT2D eigenvalue weighted by Crippen LogP contribution is 2.29. The first-order chi connectivity index (χ1) is 10.2. The van der Waals surface area contributed by atoms with Crippen LogP contribution in [0, 0.1) is 5.92 Å². The van der Waals surface area contributed by atoms with Crippen molar-refractivity contribution < 1.29 is 9.47 Å². The highest BCUT2D eigenvalue weighted by atomic mass is 16.5. The van der Waals surface area contributed by atoms with E-state index in [1.165, 1.54) is 12.8 Å². The van der Waals surface area contributed by atoms with Gasteiger partial charge in [-0.05, 0) is 25.7 Å². The van der Waals surface area contributed by atoms with Gasteiger partial charge in [0, 0.05) is 32.8 Å². The summed E-state index contributed by atoms with van der Waals surface area (Å²) in [5, 5.41) is 3.40. The number of anilines is 2. The second kappa shape index (κ2) is 6.58. The number of morpholine rings is 1. The third-order valence-corrected chi connectivity index (χ3v) is 3.92. The van der Waals surface area contributed by atoms with Crippen molar-refractivity contribution >= 4 is 11.6 Å². The summed E-state index contributed by atoms with van der Waals surface area (Å²) in [6.45, 7) is 5.36. The van der Waals surface area contributed by atoms with Gasteiger partial charge in [-0.3, -0.25) is 0 Å². The van der Waals surface area contributed by atoms with Crippen LogP contribution in [0.2, 0.25) is 0 Å². The van der Waals surface area contributed by atoms with Gasteiger partial charge in [-0.1, -0.05) is 0 Å². The highest BCUT2D eigenvalue weighted by Gasteiger charge is 2.26. The van der Waals surface area contributed by atoms with E-state index in [1.807, 2.05) is 6.07 Å². The fourth-order valence-corrected chi connectivity index (χ4v) is 2.70. The van der Waals surface area contributed by atoms with E-state index in [0.29, 0.717) is 6.61 Å². The molecular formula is C15H24N4O2. The second-order valence-corrected chi connectivity index (χ2v) is 6.01. The van der Waals surface area contributed by atoms with E-state index in [1.54, 1.807) is 13.4 Å². The first kappa shape index (κ1) is 14.5. The molecule has 1 aromatic heterocycles. The van der Waals surface area contributed by atoms with E-state index in [9.17, 15) is 0 Å². The highest BCUT2D eigenvalue weighted by molar-refractivity contribution is 5.49. The van der Waals surface area contributed by atoms with Gasteiger partial charge in [-0.25, -0.2) is 9.97 Å². The Kier molecular flexibility index (Phi) is 4.55. The molecule has 6 heteroatoms. The Morgan fingerprint density at radius 3 is 3.00 bits per heavy atom. The Bertz CT molecular complexity index is 467. The van der Waals surface area contributed by atoms with Gasteiger partial charge in [0.1, 0.15) is 18.0 Å². The molecule has 1 saturated carbocycles. The van der Waals surface area contributed by atoms with Crippen molar-refractivity contribution in [2.45, 2.75) is 32.0 Å². The normalized spacial score (nSPS) is 25.9. The van der Waals surface area contributed by atoms with E-state index < -0.39 is 0 Å². The van der Waals surface area contributed by atoms with Gasteiger partial charge in [-0.15, -0.1) is 0 Å². The lowest BCUT2D eigenvalue weighted by atomic mass is 10.2. The number of nitrogens with zero attached hydrogens (tertiary/aromatic N) is 3. The van der Waals surface area contributed by atoms with Gasteiger partial charge >= 0.3 is 0 Å². The first-order valence-corrected chi connectivity index (χ1v) is 7.70. The Labute approximate surface area is 125 Å². The van der Waals surface area contributed by atoms with Crippen LogP contribution in [-0.4, -0.2) is 55.5 Å². The van der Waals surface area contributed by atoms with Crippen LogP contribution < -0.4 is 10.2 Å². The molecule has 2 heterocycles. The minimum absolute atomic E-state index is 0.0941. The van der Waals surface area contributed by atoms with Crippen molar-refractivity contribution in [1.29, 1.82) is 0 Å². The van der Waals surface area contributed by atoms with E-state index in [4.69, 9.17) is 9.47 Å². The van der Waals surface area contributed by atoms with Gasteiger partial charge in [0.2, 0.25) is 0 Å². The predicted octanol–water partition coefficient (Wildman–Crippen LogP) is 1.54. The number of aromatic nitrogens is 2. The van der Waals surface area contributed by atoms with Crippen molar-refractivity contribution in [1.82, 2.24) is 9.97 Å². The van der Waals surface area contributed by atoms with E-state index >= 15 is 0 Å². The van der Waals surface area contributed by atoms with Crippen LogP contribution in [0.5, 0.6) is 0 Å². The van der Waals surface area contributed by atoms with Crippen molar-refractivity contribution in [2.75, 3.05) is 43.6 Å². The number of nitrogens with one attached hydrogen (secondary N) is 1. The van der Waals surface area contributed by atoms with Gasteiger partial charge < -0.3 is 19.7 Å². The largest absolute Gasteiger partial charge is 0.382 e. The molecule has 0 radical (unpaired) electrons. The van der Waals surface area contributed by atoms with Crippen LogP contribution in [0.15, 0.2) is 12.4 Å². The number of hydrogen-bond donors (Lipinski definition) is 1. The zero-order valence-electron chi connectivity index (χ0n) is 12.8. The summed E-state index contributed by atoms with van der Waals surface area (Å²) >= 11 is 0. The van der Waals surface area contributed by atoms with Crippen LogP contribution in [0.3, 0.4) is 0 Å². The summed E-state index contributed by atoms with van der Waals surface area (Å²) in [7, 11) is 1.71. The number of hydrogen-bond acceptors (Lipinski definition) is 6. The maximum Gasteiger partial charge on any atom is 0.134 e. The molecule has 1 aliphatic carbocycles. The molecule has 1 aromatic rings. The SMILES string of the molecule is COCC1CN(c2cc(NCC3CC3)ncn2)CC(C)O1. The monoisotopic (exact) mass is 292 g/mol. The summed E-state index contributed by atoms with van der Waals surface area (Å²) in [5.74, 6) is 2.70. The average molecular weight is 292 g/mol. The van der Waals surface area contributed by atoms with Crippen molar-refractivity contribution in [2.24, 2.45) is 5.92 Å². The molecule has 116 valence electrons. The van der Waals surface area contributed by atoms with Crippen LogP contribution in [0.4, 0.5) is 11.6 Å². The maximum atomic E-state index is 5.87. The summed E-state index contributed by atoms with van der Waals surface area (Å²) in [4.78, 5) is 11.0. The lowest BCUT2D eigenvalue weighted by Crippen LogP contribution is -2.48. The third-order valence-electron chi connectivity index (χ3n) is 3.92. The standard InChI is InChI=1S/C15H24N4O2/c1-11-7-19(8-13(21-11)9-20-2)15-5-14(17-10-18-15)16-6-12-3-4-12/h5,10-13H,3-4,6-9H2,1-2H3,(H,16,17,18). The molecule has 0 amide bonds. The quantitative estimate of drug-likeness (QED) is 0.858. The van der Waals surface area contributed by atoms with Crippen LogP contribution in [-0.2, 0) is 9.47 Å². The predicted molar refractivity (Wildman–Crippen MR) is 81.7 cm³/mol. The third kappa shape index (κ3) is 4.04. The molecule has 2 aliphatic rings. The van der Waals surface area contributed by atoms with Crippen molar-refractivity contribution in [3.8, 4) is 0 Å². The zero-order chi connectivity index (χ0) is 14.7. The molecule has 1 saturated heterocycles. The summed E-state index contributed by atoms with van der Waals surface area (Å²) in [6.07, 6.45) is 4.58. The minimum Gasteiger partial charge on any atom is -0.382 e. The number of rotatable bonds is 6. The maximum absolute atomic E-state index is 5.87. The smallest absolute Gasteiger partial charge is 0.134 e. The molecule has 0 aromatic carbocycles. The number of methoxy groups -OCH3 is 1. The fraction of sp³-hybridized carbons (Fsp3) is 0.733. The molecule has 3 rings (SSSR count). The Hall–Kier alpha value is -1.40. The summed E-state index contributed by atoms with van der Waals surface area (Å²) in [6, 6.07) is 2.03. The lowest BCUT2D eigenvalue weighted by Gasteiger charge is -2.37. The minimum atomic E-state index is 0.0941. The lowest BCUT2D eigenvalue weighted by molar-refractivity contribution is -0.0512. The molecular weight excluding hydrogens is 268 g/mol. The van der Waals surface area contributed by atoms with Gasteiger partial charge in [0.05, 0.1) is 18.8 Å². The van der Waals surface area contributed by atoms with E-state index in [0.717, 1.165) is 37.2 Å². The average Bonchev–Trinajstić information content (AvgIpc) is 3.29. The molecule has 2 atom stereocenters. The van der Waals surface area contributed by atoms with Crippen molar-refractivity contribution in [3.63, 3.8) is 0 Å². The van der Waals surface area contributed by atoms with Gasteiger partial charge in [0.15, 0.2) is 0 Å². The molecule has 1 aliphatic heterocycles.